The minimum absolute atomic E-state index is 0.0139. The van der Waals surface area contributed by atoms with Crippen molar-refractivity contribution in [2.24, 2.45) is 23.7 Å². The molecule has 0 radical (unpaired) electrons. The summed E-state index contributed by atoms with van der Waals surface area (Å²) in [6.07, 6.45) is 1.69. The summed E-state index contributed by atoms with van der Waals surface area (Å²) in [6.45, 7) is 0. The first-order valence-corrected chi connectivity index (χ1v) is 10.1. The van der Waals surface area contributed by atoms with E-state index in [1.54, 1.807) is 48.5 Å². The first-order valence-electron chi connectivity index (χ1n) is 9.68. The second-order valence-corrected chi connectivity index (χ2v) is 8.39. The summed E-state index contributed by atoms with van der Waals surface area (Å²) in [7, 11) is 0. The molecule has 0 unspecified atom stereocenters. The van der Waals surface area contributed by atoms with Crippen molar-refractivity contribution in [2.75, 3.05) is 10.6 Å². The molecule has 2 bridgehead atoms. The minimum atomic E-state index is -0.320. The monoisotopic (exact) mass is 410 g/mol. The molecule has 1 heterocycles. The van der Waals surface area contributed by atoms with Crippen molar-refractivity contribution in [1.29, 1.82) is 0 Å². The Hall–Kier alpha value is -2.86. The zero-order chi connectivity index (χ0) is 20.1. The predicted octanol–water partition coefficient (Wildman–Crippen LogP) is 3.73. The smallest absolute Gasteiger partial charge is 0.310 e. The molecule has 7 heteroatoms. The van der Waals surface area contributed by atoms with Crippen LogP contribution in [0.25, 0.3) is 0 Å². The zero-order valence-corrected chi connectivity index (χ0v) is 16.2. The van der Waals surface area contributed by atoms with E-state index in [0.29, 0.717) is 22.0 Å². The standard InChI is InChI=1S/C22H19ClN2O4/c23-13-3-7-15(8-4-13)24-20(26)11-1-5-14(6-2-11)25-21(27)18-12-9-16-17(10-12)29-22(28)19(16)18/h1-8,12,16-19H,9-10H2,(H,24,26)(H,25,27)/t12-,16-,17-,18+,19+/m1/s1. The largest absolute Gasteiger partial charge is 0.462 e. The maximum absolute atomic E-state index is 12.8. The van der Waals surface area contributed by atoms with Crippen LogP contribution in [0.3, 0.4) is 0 Å². The number of carbonyl (C=O) groups is 3. The van der Waals surface area contributed by atoms with Crippen molar-refractivity contribution in [2.45, 2.75) is 18.9 Å². The molecule has 5 rings (SSSR count). The summed E-state index contributed by atoms with van der Waals surface area (Å²) in [5, 5.41) is 6.29. The quantitative estimate of drug-likeness (QED) is 0.752. The number of carbonyl (C=O) groups excluding carboxylic acids is 3. The fourth-order valence-electron chi connectivity index (χ4n) is 5.03. The Labute approximate surface area is 172 Å². The number of halogens is 1. The summed E-state index contributed by atoms with van der Waals surface area (Å²) in [6, 6.07) is 13.5. The van der Waals surface area contributed by atoms with Crippen LogP contribution >= 0.6 is 11.6 Å². The van der Waals surface area contributed by atoms with Crippen LogP contribution in [0, 0.1) is 23.7 Å². The average molecular weight is 411 g/mol. The van der Waals surface area contributed by atoms with Gasteiger partial charge in [0.15, 0.2) is 0 Å². The molecule has 0 aromatic heterocycles. The lowest BCUT2D eigenvalue weighted by Gasteiger charge is -2.23. The van der Waals surface area contributed by atoms with Gasteiger partial charge in [-0.2, -0.15) is 0 Å². The highest BCUT2D eigenvalue weighted by atomic mass is 35.5. The highest BCUT2D eigenvalue weighted by molar-refractivity contribution is 6.30. The molecule has 2 N–H and O–H groups in total. The molecule has 2 saturated carbocycles. The summed E-state index contributed by atoms with van der Waals surface area (Å²) in [5.41, 5.74) is 1.72. The maximum atomic E-state index is 12.8. The number of nitrogens with one attached hydrogen (secondary N) is 2. The number of ether oxygens (including phenoxy) is 1. The normalized spacial score (nSPS) is 28.9. The Balaban J connectivity index is 1.24. The van der Waals surface area contributed by atoms with Crippen LogP contribution in [0.4, 0.5) is 11.4 Å². The molecule has 2 aromatic rings. The van der Waals surface area contributed by atoms with E-state index in [1.807, 2.05) is 0 Å². The third-order valence-corrected chi connectivity index (χ3v) is 6.55. The van der Waals surface area contributed by atoms with Gasteiger partial charge in [0.05, 0.1) is 11.8 Å². The second-order valence-electron chi connectivity index (χ2n) is 7.95. The van der Waals surface area contributed by atoms with E-state index in [1.165, 1.54) is 0 Å². The average Bonchev–Trinajstić information content (AvgIpc) is 3.33. The molecule has 148 valence electrons. The second kappa shape index (κ2) is 6.88. The zero-order valence-electron chi connectivity index (χ0n) is 15.4. The molecule has 6 nitrogen and oxygen atoms in total. The van der Waals surface area contributed by atoms with Crippen LogP contribution in [0.5, 0.6) is 0 Å². The topological polar surface area (TPSA) is 84.5 Å². The van der Waals surface area contributed by atoms with Crippen molar-refractivity contribution in [3.05, 3.63) is 59.1 Å². The number of fused-ring (bicyclic) bond motifs is 1. The predicted molar refractivity (Wildman–Crippen MR) is 108 cm³/mol. The van der Waals surface area contributed by atoms with Crippen molar-refractivity contribution < 1.29 is 19.1 Å². The fourth-order valence-corrected chi connectivity index (χ4v) is 5.16. The van der Waals surface area contributed by atoms with E-state index < -0.39 is 0 Å². The number of hydrogen-bond donors (Lipinski definition) is 2. The fraction of sp³-hybridized carbons (Fsp3) is 0.318. The van der Waals surface area contributed by atoms with E-state index in [2.05, 4.69) is 10.6 Å². The molecular formula is C22H19ClN2O4. The molecule has 0 spiro atoms. The Morgan fingerprint density at radius 3 is 2.31 bits per heavy atom. The number of hydrogen-bond acceptors (Lipinski definition) is 4. The van der Waals surface area contributed by atoms with E-state index in [4.69, 9.17) is 16.3 Å². The Kier molecular flexibility index (Phi) is 4.32. The molecular weight excluding hydrogens is 392 g/mol. The lowest BCUT2D eigenvalue weighted by Crippen LogP contribution is -2.35. The van der Waals surface area contributed by atoms with E-state index in [9.17, 15) is 14.4 Å². The van der Waals surface area contributed by atoms with Crippen molar-refractivity contribution in [3.63, 3.8) is 0 Å². The van der Waals surface area contributed by atoms with Gasteiger partial charge >= 0.3 is 5.97 Å². The number of rotatable bonds is 4. The molecule has 3 fully saturated rings. The Bertz CT molecular complexity index is 987. The number of esters is 1. The summed E-state index contributed by atoms with van der Waals surface area (Å²) >= 11 is 5.85. The van der Waals surface area contributed by atoms with Gasteiger partial charge in [-0.15, -0.1) is 0 Å². The van der Waals surface area contributed by atoms with Gasteiger partial charge < -0.3 is 15.4 Å². The van der Waals surface area contributed by atoms with Crippen molar-refractivity contribution in [1.82, 2.24) is 0 Å². The van der Waals surface area contributed by atoms with Gasteiger partial charge in [-0.05, 0) is 67.3 Å². The molecule has 1 aliphatic heterocycles. The molecule has 29 heavy (non-hydrogen) atoms. The van der Waals surface area contributed by atoms with Crippen LogP contribution < -0.4 is 10.6 Å². The van der Waals surface area contributed by atoms with E-state index in [-0.39, 0.29) is 47.6 Å². The minimum Gasteiger partial charge on any atom is -0.462 e. The van der Waals surface area contributed by atoms with Crippen LogP contribution in [0.1, 0.15) is 23.2 Å². The van der Waals surface area contributed by atoms with Gasteiger partial charge in [-0.1, -0.05) is 11.6 Å². The Morgan fingerprint density at radius 1 is 0.931 bits per heavy atom. The summed E-state index contributed by atoms with van der Waals surface area (Å²) < 4.78 is 5.40. The molecule has 2 aliphatic carbocycles. The molecule has 2 aromatic carbocycles. The first kappa shape index (κ1) is 18.2. The third-order valence-electron chi connectivity index (χ3n) is 6.30. The highest BCUT2D eigenvalue weighted by Gasteiger charge is 2.63. The SMILES string of the molecule is O=C(Nc1ccc(Cl)cc1)c1ccc(NC(=O)[C@H]2[C@@H]3C[C@H]4[C@@H]2C(=O)O[C@@H]4C3)cc1. The van der Waals surface area contributed by atoms with Gasteiger partial charge in [0, 0.05) is 27.9 Å². The highest BCUT2D eigenvalue weighted by Crippen LogP contribution is 2.57. The van der Waals surface area contributed by atoms with Gasteiger partial charge in [-0.25, -0.2) is 0 Å². The molecule has 5 atom stereocenters. The number of anilines is 2. The molecule has 3 aliphatic rings. The van der Waals surface area contributed by atoms with Crippen LogP contribution in [0.2, 0.25) is 5.02 Å². The number of benzene rings is 2. The van der Waals surface area contributed by atoms with Crippen LogP contribution in [-0.2, 0) is 14.3 Å². The Morgan fingerprint density at radius 2 is 1.59 bits per heavy atom. The number of amides is 2. The van der Waals surface area contributed by atoms with Gasteiger partial charge in [0.1, 0.15) is 6.10 Å². The van der Waals surface area contributed by atoms with Crippen LogP contribution in [0.15, 0.2) is 48.5 Å². The maximum Gasteiger partial charge on any atom is 0.310 e. The summed E-state index contributed by atoms with van der Waals surface area (Å²) in [4.78, 5) is 37.3. The molecule has 1 saturated heterocycles. The third kappa shape index (κ3) is 3.17. The van der Waals surface area contributed by atoms with Crippen molar-refractivity contribution in [3.8, 4) is 0 Å². The van der Waals surface area contributed by atoms with Gasteiger partial charge in [-0.3, -0.25) is 14.4 Å². The van der Waals surface area contributed by atoms with E-state index in [0.717, 1.165) is 12.8 Å². The lowest BCUT2D eigenvalue weighted by molar-refractivity contribution is -0.145. The molecule has 2 amide bonds. The summed E-state index contributed by atoms with van der Waals surface area (Å²) in [5.74, 6) is -0.832. The van der Waals surface area contributed by atoms with Gasteiger partial charge in [0.2, 0.25) is 5.91 Å². The lowest BCUT2D eigenvalue weighted by atomic mass is 9.79. The van der Waals surface area contributed by atoms with Crippen molar-refractivity contribution >= 4 is 40.8 Å². The van der Waals surface area contributed by atoms with Gasteiger partial charge in [0.25, 0.3) is 5.91 Å². The van der Waals surface area contributed by atoms with E-state index >= 15 is 0 Å². The van der Waals surface area contributed by atoms with Crippen LogP contribution in [-0.4, -0.2) is 23.9 Å². The first-order chi connectivity index (χ1) is 14.0.